The zero-order valence-electron chi connectivity index (χ0n) is 11.4. The van der Waals surface area contributed by atoms with Gasteiger partial charge in [0.25, 0.3) is 0 Å². The predicted octanol–water partition coefficient (Wildman–Crippen LogP) is 4.03. The summed E-state index contributed by atoms with van der Waals surface area (Å²) < 4.78 is 5.34. The number of anilines is 1. The molecular weight excluding hydrogens is 234 g/mol. The Labute approximate surface area is 114 Å². The Kier molecular flexibility index (Phi) is 3.16. The average Bonchev–Trinajstić information content (AvgIpc) is 2.46. The predicted molar refractivity (Wildman–Crippen MR) is 79.0 cm³/mol. The second-order valence-corrected chi connectivity index (χ2v) is 5.20. The van der Waals surface area contributed by atoms with E-state index in [4.69, 9.17) is 4.74 Å². The maximum atomic E-state index is 5.34. The Bertz CT molecular complexity index is 579. The molecule has 2 nitrogen and oxygen atoms in total. The van der Waals surface area contributed by atoms with Gasteiger partial charge in [0.2, 0.25) is 0 Å². The van der Waals surface area contributed by atoms with Crippen LogP contribution in [0.1, 0.15) is 30.4 Å². The Morgan fingerprint density at radius 1 is 1.11 bits per heavy atom. The molecular formula is C17H19NO. The first kappa shape index (κ1) is 12.1. The van der Waals surface area contributed by atoms with Crippen LogP contribution in [0.25, 0.3) is 0 Å². The number of rotatable bonds is 2. The Morgan fingerprint density at radius 2 is 1.95 bits per heavy atom. The van der Waals surface area contributed by atoms with Crippen molar-refractivity contribution >= 4 is 5.69 Å². The molecule has 0 saturated heterocycles. The molecule has 0 radical (unpaired) electrons. The van der Waals surface area contributed by atoms with Crippen molar-refractivity contribution in [2.24, 2.45) is 0 Å². The van der Waals surface area contributed by atoms with Gasteiger partial charge in [0.15, 0.2) is 0 Å². The van der Waals surface area contributed by atoms with E-state index in [0.717, 1.165) is 12.2 Å². The summed E-state index contributed by atoms with van der Waals surface area (Å²) in [5.41, 5.74) is 3.98. The van der Waals surface area contributed by atoms with Gasteiger partial charge in [-0.25, -0.2) is 0 Å². The molecule has 0 aromatic heterocycles. The minimum atomic E-state index is 0.447. The van der Waals surface area contributed by atoms with Gasteiger partial charge in [-0.15, -0.1) is 0 Å². The summed E-state index contributed by atoms with van der Waals surface area (Å²) in [5, 5.41) is 3.56. The van der Waals surface area contributed by atoms with Crippen molar-refractivity contribution in [1.29, 1.82) is 0 Å². The van der Waals surface area contributed by atoms with Crippen LogP contribution in [0.3, 0.4) is 0 Å². The third kappa shape index (κ3) is 2.30. The zero-order valence-corrected chi connectivity index (χ0v) is 11.4. The summed E-state index contributed by atoms with van der Waals surface area (Å²) in [6, 6.07) is 17.5. The molecule has 2 aromatic carbocycles. The van der Waals surface area contributed by atoms with Gasteiger partial charge in [-0.3, -0.25) is 0 Å². The summed E-state index contributed by atoms with van der Waals surface area (Å²) in [4.78, 5) is 0. The van der Waals surface area contributed by atoms with Crippen LogP contribution in [-0.2, 0) is 0 Å². The zero-order chi connectivity index (χ0) is 13.2. The third-order valence-corrected chi connectivity index (χ3v) is 3.82. The number of para-hydroxylation sites is 1. The van der Waals surface area contributed by atoms with E-state index in [9.17, 15) is 0 Å². The monoisotopic (exact) mass is 253 g/mol. The Hall–Kier alpha value is -1.96. The van der Waals surface area contributed by atoms with Crippen molar-refractivity contribution in [3.8, 4) is 5.75 Å². The van der Waals surface area contributed by atoms with Crippen LogP contribution in [-0.4, -0.2) is 13.2 Å². The molecule has 98 valence electrons. The molecule has 1 N–H and O–H groups in total. The van der Waals surface area contributed by atoms with Crippen molar-refractivity contribution in [2.45, 2.75) is 25.3 Å². The minimum Gasteiger partial charge on any atom is -0.497 e. The van der Waals surface area contributed by atoms with E-state index < -0.39 is 0 Å². The maximum Gasteiger partial charge on any atom is 0.119 e. The van der Waals surface area contributed by atoms with Crippen molar-refractivity contribution in [3.63, 3.8) is 0 Å². The van der Waals surface area contributed by atoms with E-state index in [1.165, 1.54) is 16.8 Å². The van der Waals surface area contributed by atoms with Gasteiger partial charge in [0.05, 0.1) is 7.11 Å². The fourth-order valence-electron chi connectivity index (χ4n) is 2.91. The number of nitrogens with one attached hydrogen (secondary N) is 1. The van der Waals surface area contributed by atoms with Gasteiger partial charge in [0, 0.05) is 17.6 Å². The molecule has 0 amide bonds. The lowest BCUT2D eigenvalue weighted by Gasteiger charge is -2.31. The number of benzene rings is 2. The number of ether oxygens (including phenoxy) is 1. The molecule has 0 spiro atoms. The molecule has 0 saturated carbocycles. The molecule has 0 aliphatic carbocycles. The highest BCUT2D eigenvalue weighted by Gasteiger charge is 2.25. The summed E-state index contributed by atoms with van der Waals surface area (Å²) in [5.74, 6) is 1.38. The van der Waals surface area contributed by atoms with Gasteiger partial charge in [-0.05, 0) is 42.7 Å². The molecule has 2 aromatic rings. The molecule has 19 heavy (non-hydrogen) atoms. The first-order chi connectivity index (χ1) is 9.28. The van der Waals surface area contributed by atoms with Gasteiger partial charge >= 0.3 is 0 Å². The van der Waals surface area contributed by atoms with Crippen LogP contribution in [0.5, 0.6) is 5.75 Å². The fraction of sp³-hybridized carbons (Fsp3) is 0.294. The topological polar surface area (TPSA) is 21.3 Å². The first-order valence-corrected chi connectivity index (χ1v) is 6.77. The smallest absolute Gasteiger partial charge is 0.119 e. The number of fused-ring (bicyclic) bond motifs is 1. The minimum absolute atomic E-state index is 0.447. The highest BCUT2D eigenvalue weighted by atomic mass is 16.5. The first-order valence-electron chi connectivity index (χ1n) is 6.77. The van der Waals surface area contributed by atoms with Crippen molar-refractivity contribution in [2.75, 3.05) is 12.4 Å². The van der Waals surface area contributed by atoms with E-state index in [1.54, 1.807) is 7.11 Å². The van der Waals surface area contributed by atoms with E-state index in [-0.39, 0.29) is 0 Å². The SMILES string of the molecule is COc1cccc(C2CC(C)Nc3ccccc32)c1. The molecule has 1 aliphatic rings. The molecule has 2 unspecified atom stereocenters. The van der Waals surface area contributed by atoms with Crippen molar-refractivity contribution < 1.29 is 4.74 Å². The Balaban J connectivity index is 2.04. The second kappa shape index (κ2) is 4.96. The number of hydrogen-bond donors (Lipinski definition) is 1. The molecule has 2 heteroatoms. The summed E-state index contributed by atoms with van der Waals surface area (Å²) in [7, 11) is 1.72. The molecule has 1 aliphatic heterocycles. The summed E-state index contributed by atoms with van der Waals surface area (Å²) >= 11 is 0. The summed E-state index contributed by atoms with van der Waals surface area (Å²) in [6.45, 7) is 2.24. The van der Waals surface area contributed by atoms with Crippen LogP contribution in [0, 0.1) is 0 Å². The lowest BCUT2D eigenvalue weighted by Crippen LogP contribution is -2.25. The lowest BCUT2D eigenvalue weighted by atomic mass is 9.82. The van der Waals surface area contributed by atoms with Crippen LogP contribution >= 0.6 is 0 Å². The molecule has 0 bridgehead atoms. The normalized spacial score (nSPS) is 21.4. The van der Waals surface area contributed by atoms with Crippen molar-refractivity contribution in [1.82, 2.24) is 0 Å². The highest BCUT2D eigenvalue weighted by Crippen LogP contribution is 2.39. The molecule has 0 fully saturated rings. The van der Waals surface area contributed by atoms with Crippen LogP contribution in [0.2, 0.25) is 0 Å². The Morgan fingerprint density at radius 3 is 2.79 bits per heavy atom. The van der Waals surface area contributed by atoms with E-state index >= 15 is 0 Å². The largest absolute Gasteiger partial charge is 0.497 e. The highest BCUT2D eigenvalue weighted by molar-refractivity contribution is 5.58. The quantitative estimate of drug-likeness (QED) is 0.872. The van der Waals surface area contributed by atoms with E-state index in [1.807, 2.05) is 6.07 Å². The molecule has 3 rings (SSSR count). The lowest BCUT2D eigenvalue weighted by molar-refractivity contribution is 0.413. The average molecular weight is 253 g/mol. The van der Waals surface area contributed by atoms with Gasteiger partial charge < -0.3 is 10.1 Å². The van der Waals surface area contributed by atoms with Crippen LogP contribution < -0.4 is 10.1 Å². The van der Waals surface area contributed by atoms with E-state index in [0.29, 0.717) is 12.0 Å². The number of hydrogen-bond acceptors (Lipinski definition) is 2. The number of methoxy groups -OCH3 is 1. The van der Waals surface area contributed by atoms with Gasteiger partial charge in [-0.2, -0.15) is 0 Å². The fourth-order valence-corrected chi connectivity index (χ4v) is 2.91. The summed E-state index contributed by atoms with van der Waals surface area (Å²) in [6.07, 6.45) is 1.12. The van der Waals surface area contributed by atoms with Crippen LogP contribution in [0.4, 0.5) is 5.69 Å². The van der Waals surface area contributed by atoms with Crippen LogP contribution in [0.15, 0.2) is 48.5 Å². The third-order valence-electron chi connectivity index (χ3n) is 3.82. The second-order valence-electron chi connectivity index (χ2n) is 5.20. The molecule has 1 heterocycles. The van der Waals surface area contributed by atoms with E-state index in [2.05, 4.69) is 54.7 Å². The van der Waals surface area contributed by atoms with Gasteiger partial charge in [0.1, 0.15) is 5.75 Å². The maximum absolute atomic E-state index is 5.34. The standard InChI is InChI=1S/C17H19NO/c1-12-10-16(13-6-5-7-14(11-13)19-2)15-8-3-4-9-17(15)18-12/h3-9,11-12,16,18H,10H2,1-2H3. The van der Waals surface area contributed by atoms with Gasteiger partial charge in [-0.1, -0.05) is 30.3 Å². The molecule has 2 atom stereocenters. The van der Waals surface area contributed by atoms with Crippen molar-refractivity contribution in [3.05, 3.63) is 59.7 Å².